The molecule has 138 valence electrons. The van der Waals surface area contributed by atoms with E-state index in [9.17, 15) is 9.90 Å². The second-order valence-corrected chi connectivity index (χ2v) is 6.90. The van der Waals surface area contributed by atoms with Crippen LogP contribution in [0.2, 0.25) is 0 Å². The number of hydrogen-bond acceptors (Lipinski definition) is 5. The van der Waals surface area contributed by atoms with Crippen LogP contribution in [-0.4, -0.2) is 40.2 Å². The average molecular weight is 354 g/mol. The van der Waals surface area contributed by atoms with Crippen molar-refractivity contribution in [2.24, 2.45) is 0 Å². The molecule has 2 aromatic rings. The molecular formula is C20H26N4O2. The van der Waals surface area contributed by atoms with Crippen molar-refractivity contribution in [2.75, 3.05) is 18.5 Å². The summed E-state index contributed by atoms with van der Waals surface area (Å²) >= 11 is 0. The molecule has 0 saturated heterocycles. The largest absolute Gasteiger partial charge is 0.380 e. The first-order valence-electron chi connectivity index (χ1n) is 9.14. The Bertz CT molecular complexity index is 730. The minimum atomic E-state index is -1.20. The second-order valence-electron chi connectivity index (χ2n) is 6.90. The van der Waals surface area contributed by atoms with Crippen LogP contribution in [0.4, 0.5) is 5.82 Å². The summed E-state index contributed by atoms with van der Waals surface area (Å²) in [6, 6.07) is 9.72. The molecule has 0 spiro atoms. The second kappa shape index (κ2) is 8.27. The predicted molar refractivity (Wildman–Crippen MR) is 101 cm³/mol. The summed E-state index contributed by atoms with van der Waals surface area (Å²) in [5, 5.41) is 13.3. The Morgan fingerprint density at radius 1 is 1.19 bits per heavy atom. The fourth-order valence-corrected chi connectivity index (χ4v) is 3.37. The van der Waals surface area contributed by atoms with Crippen molar-refractivity contribution in [3.63, 3.8) is 0 Å². The first-order valence-corrected chi connectivity index (χ1v) is 9.14. The van der Waals surface area contributed by atoms with Crippen LogP contribution in [0.3, 0.4) is 0 Å². The summed E-state index contributed by atoms with van der Waals surface area (Å²) in [6.07, 6.45) is 7.26. The van der Waals surface area contributed by atoms with E-state index in [0.717, 1.165) is 42.9 Å². The third-order valence-electron chi connectivity index (χ3n) is 4.95. The van der Waals surface area contributed by atoms with Gasteiger partial charge in [0.25, 0.3) is 5.91 Å². The topological polar surface area (TPSA) is 78.4 Å². The molecule has 2 aromatic heterocycles. The van der Waals surface area contributed by atoms with E-state index in [1.165, 1.54) is 0 Å². The van der Waals surface area contributed by atoms with Gasteiger partial charge in [-0.25, -0.2) is 4.98 Å². The van der Waals surface area contributed by atoms with Gasteiger partial charge in [-0.3, -0.25) is 9.78 Å². The Morgan fingerprint density at radius 2 is 1.96 bits per heavy atom. The van der Waals surface area contributed by atoms with E-state index in [4.69, 9.17) is 0 Å². The van der Waals surface area contributed by atoms with Crippen molar-refractivity contribution >= 4 is 11.7 Å². The van der Waals surface area contributed by atoms with Crippen molar-refractivity contribution in [1.29, 1.82) is 0 Å². The van der Waals surface area contributed by atoms with Crippen LogP contribution < -0.4 is 10.2 Å². The van der Waals surface area contributed by atoms with Gasteiger partial charge in [0.2, 0.25) is 0 Å². The Labute approximate surface area is 154 Å². The molecule has 0 atom stereocenters. The molecule has 1 aliphatic rings. The molecular weight excluding hydrogens is 328 g/mol. The lowest BCUT2D eigenvalue weighted by molar-refractivity contribution is -0.139. The lowest BCUT2D eigenvalue weighted by Gasteiger charge is -2.23. The normalized spacial score (nSPS) is 15.6. The van der Waals surface area contributed by atoms with E-state index >= 15 is 0 Å². The fourth-order valence-electron chi connectivity index (χ4n) is 3.37. The molecule has 1 aliphatic carbocycles. The van der Waals surface area contributed by atoms with Crippen molar-refractivity contribution < 1.29 is 9.90 Å². The number of pyridine rings is 2. The molecule has 6 nitrogen and oxygen atoms in total. The smallest absolute Gasteiger partial charge is 0.252 e. The predicted octanol–water partition coefficient (Wildman–Crippen LogP) is 2.08. The highest BCUT2D eigenvalue weighted by Crippen LogP contribution is 2.29. The maximum absolute atomic E-state index is 12.3. The number of nitrogens with zero attached hydrogens (tertiary/aromatic N) is 3. The Kier molecular flexibility index (Phi) is 5.83. The highest BCUT2D eigenvalue weighted by molar-refractivity contribution is 5.85. The van der Waals surface area contributed by atoms with E-state index in [2.05, 4.69) is 20.2 Å². The SMILES string of the molecule is CN(CCc1ccccn1)c1ncccc1CNC(=O)C1(O)CCCC1. The summed E-state index contributed by atoms with van der Waals surface area (Å²) < 4.78 is 0. The van der Waals surface area contributed by atoms with Crippen LogP contribution in [0.1, 0.15) is 36.9 Å². The van der Waals surface area contributed by atoms with Gasteiger partial charge < -0.3 is 15.3 Å². The average Bonchev–Trinajstić information content (AvgIpc) is 3.13. The van der Waals surface area contributed by atoms with Crippen LogP contribution in [0, 0.1) is 0 Å². The number of aromatic nitrogens is 2. The fraction of sp³-hybridized carbons (Fsp3) is 0.450. The number of carbonyl (C=O) groups excluding carboxylic acids is 1. The number of nitrogens with one attached hydrogen (secondary N) is 1. The zero-order valence-corrected chi connectivity index (χ0v) is 15.2. The van der Waals surface area contributed by atoms with E-state index < -0.39 is 5.60 Å². The molecule has 1 amide bonds. The molecule has 6 heteroatoms. The van der Waals surface area contributed by atoms with Gasteiger partial charge in [0, 0.05) is 50.2 Å². The molecule has 26 heavy (non-hydrogen) atoms. The third kappa shape index (κ3) is 4.38. The van der Waals surface area contributed by atoms with Crippen LogP contribution in [-0.2, 0) is 17.8 Å². The number of hydrogen-bond donors (Lipinski definition) is 2. The number of aliphatic hydroxyl groups is 1. The summed E-state index contributed by atoms with van der Waals surface area (Å²) in [6.45, 7) is 1.14. The van der Waals surface area contributed by atoms with E-state index in [1.54, 1.807) is 12.4 Å². The Hall–Kier alpha value is -2.47. The van der Waals surface area contributed by atoms with Gasteiger partial charge in [-0.15, -0.1) is 0 Å². The molecule has 0 aliphatic heterocycles. The van der Waals surface area contributed by atoms with Crippen LogP contribution in [0.15, 0.2) is 42.7 Å². The number of rotatable bonds is 7. The summed E-state index contributed by atoms with van der Waals surface area (Å²) in [7, 11) is 1.99. The minimum Gasteiger partial charge on any atom is -0.380 e. The molecule has 2 heterocycles. The minimum absolute atomic E-state index is 0.277. The highest BCUT2D eigenvalue weighted by Gasteiger charge is 2.38. The van der Waals surface area contributed by atoms with E-state index in [-0.39, 0.29) is 5.91 Å². The summed E-state index contributed by atoms with van der Waals surface area (Å²) in [5.74, 6) is 0.558. The first kappa shape index (κ1) is 18.3. The van der Waals surface area contributed by atoms with Crippen molar-refractivity contribution in [2.45, 2.75) is 44.2 Å². The van der Waals surface area contributed by atoms with Crippen molar-refractivity contribution in [3.8, 4) is 0 Å². The molecule has 1 fully saturated rings. The van der Waals surface area contributed by atoms with Crippen molar-refractivity contribution in [1.82, 2.24) is 15.3 Å². The van der Waals surface area contributed by atoms with E-state index in [1.807, 2.05) is 37.4 Å². The number of likely N-dealkylation sites (N-methyl/N-ethyl adjacent to an activating group) is 1. The molecule has 0 unspecified atom stereocenters. The molecule has 3 rings (SSSR count). The Morgan fingerprint density at radius 3 is 2.69 bits per heavy atom. The van der Waals surface area contributed by atoms with E-state index in [0.29, 0.717) is 19.4 Å². The summed E-state index contributed by atoms with van der Waals surface area (Å²) in [5.41, 5.74) is 0.771. The third-order valence-corrected chi connectivity index (χ3v) is 4.95. The van der Waals surface area contributed by atoms with Gasteiger partial charge in [0.1, 0.15) is 11.4 Å². The van der Waals surface area contributed by atoms with Crippen LogP contribution in [0.5, 0.6) is 0 Å². The number of amides is 1. The Balaban J connectivity index is 1.61. The quantitative estimate of drug-likeness (QED) is 0.796. The zero-order valence-electron chi connectivity index (χ0n) is 15.2. The lowest BCUT2D eigenvalue weighted by atomic mass is 10.0. The van der Waals surface area contributed by atoms with Gasteiger partial charge in [-0.05, 0) is 43.9 Å². The molecule has 0 bridgehead atoms. The maximum atomic E-state index is 12.3. The monoisotopic (exact) mass is 354 g/mol. The maximum Gasteiger partial charge on any atom is 0.252 e. The zero-order chi connectivity index (χ0) is 18.4. The van der Waals surface area contributed by atoms with Gasteiger partial charge in [-0.2, -0.15) is 0 Å². The molecule has 0 radical (unpaired) electrons. The first-order chi connectivity index (χ1) is 12.6. The standard InChI is InChI=1S/C20H26N4O2/c1-24(14-9-17-8-2-5-12-21-17)18-16(7-6-13-22-18)15-23-19(25)20(26)10-3-4-11-20/h2,5-8,12-13,26H,3-4,9-11,14-15H2,1H3,(H,23,25). The highest BCUT2D eigenvalue weighted by atomic mass is 16.3. The van der Waals surface area contributed by atoms with Crippen LogP contribution >= 0.6 is 0 Å². The number of anilines is 1. The van der Waals surface area contributed by atoms with Gasteiger partial charge >= 0.3 is 0 Å². The molecule has 1 saturated carbocycles. The van der Waals surface area contributed by atoms with Gasteiger partial charge in [0.05, 0.1) is 0 Å². The molecule has 0 aromatic carbocycles. The van der Waals surface area contributed by atoms with Gasteiger partial charge in [-0.1, -0.05) is 12.1 Å². The molecule has 2 N–H and O–H groups in total. The number of carbonyl (C=O) groups is 1. The summed E-state index contributed by atoms with van der Waals surface area (Å²) in [4.78, 5) is 23.2. The van der Waals surface area contributed by atoms with Gasteiger partial charge in [0.15, 0.2) is 0 Å². The van der Waals surface area contributed by atoms with Crippen molar-refractivity contribution in [3.05, 3.63) is 54.0 Å². The lowest BCUT2D eigenvalue weighted by Crippen LogP contribution is -2.44. The van der Waals surface area contributed by atoms with Crippen LogP contribution in [0.25, 0.3) is 0 Å².